The molecule has 1 N–H and O–H groups in total. The highest BCUT2D eigenvalue weighted by molar-refractivity contribution is 6.07. The van der Waals surface area contributed by atoms with E-state index in [1.54, 1.807) is 0 Å². The average Bonchev–Trinajstić information content (AvgIpc) is 2.84. The summed E-state index contributed by atoms with van der Waals surface area (Å²) in [7, 11) is 2.81. The average molecular weight is 234 g/mol. The van der Waals surface area contributed by atoms with Gasteiger partial charge in [0.2, 0.25) is 5.78 Å². The molecule has 0 unspecified atom stereocenters. The molecule has 2 rings (SSSR count). The molecule has 0 fully saturated rings. The number of aromatic amines is 1. The number of nitrogens with zero attached hydrogens (tertiary/aromatic N) is 3. The van der Waals surface area contributed by atoms with Gasteiger partial charge < -0.3 is 4.57 Å². The first kappa shape index (κ1) is 11.1. The number of carbonyl (C=O) groups is 1. The number of nitrogens with one attached hydrogen (secondary N) is 1. The van der Waals surface area contributed by atoms with Crippen LogP contribution in [0, 0.1) is 0 Å². The molecular weight excluding hydrogens is 224 g/mol. The highest BCUT2D eigenvalue weighted by Crippen LogP contribution is 2.00. The summed E-state index contributed by atoms with van der Waals surface area (Å²) in [6.45, 7) is 0. The highest BCUT2D eigenvalue weighted by Gasteiger charge is 2.17. The number of hydrogen-bond donors (Lipinski definition) is 1. The van der Waals surface area contributed by atoms with Crippen LogP contribution in [0.4, 0.5) is 0 Å². The van der Waals surface area contributed by atoms with Crippen LogP contribution in [0.5, 0.6) is 0 Å². The molecule has 2 heterocycles. The topological polar surface area (TPSA) is 89.8 Å². The lowest BCUT2D eigenvalue weighted by molar-refractivity contribution is 0.103. The lowest BCUT2D eigenvalue weighted by Crippen LogP contribution is -2.39. The van der Waals surface area contributed by atoms with Crippen LogP contribution in [-0.2, 0) is 14.1 Å². The van der Waals surface area contributed by atoms with E-state index in [0.29, 0.717) is 0 Å². The lowest BCUT2D eigenvalue weighted by atomic mass is 10.1. The van der Waals surface area contributed by atoms with Gasteiger partial charge in [-0.3, -0.25) is 19.3 Å². The first-order valence-electron chi connectivity index (χ1n) is 4.83. The maximum atomic E-state index is 11.9. The molecule has 7 heteroatoms. The van der Waals surface area contributed by atoms with Crippen LogP contribution in [0.25, 0.3) is 0 Å². The third kappa shape index (κ3) is 1.71. The van der Waals surface area contributed by atoms with Crippen molar-refractivity contribution in [3.05, 3.63) is 50.6 Å². The fraction of sp³-hybridized carbons (Fsp3) is 0.200. The molecule has 0 amide bonds. The first-order valence-corrected chi connectivity index (χ1v) is 4.83. The van der Waals surface area contributed by atoms with Crippen LogP contribution in [0.3, 0.4) is 0 Å². The zero-order valence-corrected chi connectivity index (χ0v) is 9.30. The Labute approximate surface area is 95.3 Å². The van der Waals surface area contributed by atoms with E-state index < -0.39 is 17.0 Å². The molecule has 2 aromatic heterocycles. The van der Waals surface area contributed by atoms with Gasteiger partial charge in [0.05, 0.1) is 0 Å². The molecule has 0 saturated carbocycles. The van der Waals surface area contributed by atoms with Crippen LogP contribution < -0.4 is 11.2 Å². The van der Waals surface area contributed by atoms with Crippen molar-refractivity contribution >= 4 is 5.78 Å². The van der Waals surface area contributed by atoms with E-state index in [1.807, 2.05) is 0 Å². The summed E-state index contributed by atoms with van der Waals surface area (Å²) in [6.07, 6.45) is 2.65. The molecule has 0 spiro atoms. The van der Waals surface area contributed by atoms with Gasteiger partial charge in [0, 0.05) is 26.5 Å². The molecule has 17 heavy (non-hydrogen) atoms. The Balaban J connectivity index is 2.66. The van der Waals surface area contributed by atoms with Crippen LogP contribution >= 0.6 is 0 Å². The van der Waals surface area contributed by atoms with Gasteiger partial charge in [-0.1, -0.05) is 0 Å². The Morgan fingerprint density at radius 2 is 2.06 bits per heavy atom. The van der Waals surface area contributed by atoms with E-state index in [4.69, 9.17) is 0 Å². The number of rotatable bonds is 2. The molecule has 0 aromatic carbocycles. The van der Waals surface area contributed by atoms with Gasteiger partial charge in [0.15, 0.2) is 0 Å². The number of carbonyl (C=O) groups excluding carboxylic acids is 1. The Kier molecular flexibility index (Phi) is 2.51. The molecule has 0 radical (unpaired) electrons. The summed E-state index contributed by atoms with van der Waals surface area (Å²) in [5.41, 5.74) is -0.955. The minimum absolute atomic E-state index is 0.0705. The van der Waals surface area contributed by atoms with E-state index in [-0.39, 0.29) is 11.3 Å². The Hall–Kier alpha value is -2.44. The van der Waals surface area contributed by atoms with Crippen molar-refractivity contribution in [3.63, 3.8) is 0 Å². The molecule has 0 aliphatic heterocycles. The van der Waals surface area contributed by atoms with Crippen molar-refractivity contribution in [1.82, 2.24) is 19.3 Å². The van der Waals surface area contributed by atoms with Crippen LogP contribution in [0.15, 0.2) is 28.0 Å². The third-order valence-corrected chi connectivity index (χ3v) is 2.44. The molecule has 0 aliphatic rings. The Bertz CT molecular complexity index is 679. The minimum atomic E-state index is -0.618. The van der Waals surface area contributed by atoms with Gasteiger partial charge in [-0.05, 0) is 6.07 Å². The van der Waals surface area contributed by atoms with Crippen LogP contribution in [0.1, 0.15) is 16.1 Å². The van der Waals surface area contributed by atoms with Gasteiger partial charge in [-0.15, -0.1) is 0 Å². The fourth-order valence-electron chi connectivity index (χ4n) is 1.49. The number of ketones is 1. The van der Waals surface area contributed by atoms with Gasteiger partial charge in [-0.2, -0.15) is 5.10 Å². The second-order valence-corrected chi connectivity index (χ2v) is 3.60. The second-order valence-electron chi connectivity index (χ2n) is 3.60. The second kappa shape index (κ2) is 3.85. The summed E-state index contributed by atoms with van der Waals surface area (Å²) in [5, 5.41) is 6.12. The Morgan fingerprint density at radius 1 is 1.35 bits per heavy atom. The molecule has 7 nitrogen and oxygen atoms in total. The molecule has 0 aliphatic carbocycles. The van der Waals surface area contributed by atoms with Crippen LogP contribution in [0.2, 0.25) is 0 Å². The Morgan fingerprint density at radius 3 is 2.65 bits per heavy atom. The zero-order valence-electron chi connectivity index (χ0n) is 9.30. The van der Waals surface area contributed by atoms with E-state index in [2.05, 4.69) is 10.2 Å². The van der Waals surface area contributed by atoms with E-state index in [1.165, 1.54) is 37.1 Å². The molecular formula is C10H10N4O3. The number of hydrogen-bond acceptors (Lipinski definition) is 4. The predicted octanol–water partition coefficient (Wildman–Crippen LogP) is -0.962. The SMILES string of the molecule is Cn1cc(C(=O)c2ccn[nH]2)c(=O)n(C)c1=O. The predicted molar refractivity (Wildman–Crippen MR) is 58.9 cm³/mol. The third-order valence-electron chi connectivity index (χ3n) is 2.44. The van der Waals surface area contributed by atoms with Crippen molar-refractivity contribution in [2.75, 3.05) is 0 Å². The highest BCUT2D eigenvalue weighted by atomic mass is 16.2. The number of aromatic nitrogens is 4. The van der Waals surface area contributed by atoms with E-state index in [9.17, 15) is 14.4 Å². The quantitative estimate of drug-likeness (QED) is 0.677. The number of aryl methyl sites for hydroxylation is 1. The maximum absolute atomic E-state index is 11.9. The molecule has 0 bridgehead atoms. The monoisotopic (exact) mass is 234 g/mol. The number of H-pyrrole nitrogens is 1. The van der Waals surface area contributed by atoms with Gasteiger partial charge in [0.1, 0.15) is 11.3 Å². The summed E-state index contributed by atoms with van der Waals surface area (Å²) >= 11 is 0. The van der Waals surface area contributed by atoms with Gasteiger partial charge in [-0.25, -0.2) is 4.79 Å². The molecule has 0 atom stereocenters. The van der Waals surface area contributed by atoms with Crippen LogP contribution in [-0.4, -0.2) is 25.1 Å². The largest absolute Gasteiger partial charge is 0.330 e. The van der Waals surface area contributed by atoms with Crippen molar-refractivity contribution in [1.29, 1.82) is 0 Å². The van der Waals surface area contributed by atoms with Gasteiger partial charge in [0.25, 0.3) is 5.56 Å². The fourth-order valence-corrected chi connectivity index (χ4v) is 1.49. The van der Waals surface area contributed by atoms with E-state index in [0.717, 1.165) is 4.57 Å². The van der Waals surface area contributed by atoms with Crippen molar-refractivity contribution in [2.24, 2.45) is 14.1 Å². The summed E-state index contributed by atoms with van der Waals surface area (Å²) < 4.78 is 2.08. The molecule has 2 aromatic rings. The first-order chi connectivity index (χ1) is 8.02. The standard InChI is InChI=1S/C10H10N4O3/c1-13-5-6(9(16)14(2)10(13)17)8(15)7-3-4-11-12-7/h3-5H,1-2H3,(H,11,12). The molecule has 88 valence electrons. The smallest absolute Gasteiger partial charge is 0.303 e. The normalized spacial score (nSPS) is 10.5. The van der Waals surface area contributed by atoms with Crippen molar-refractivity contribution in [2.45, 2.75) is 0 Å². The lowest BCUT2D eigenvalue weighted by Gasteiger charge is -2.04. The summed E-state index contributed by atoms with van der Waals surface area (Å²) in [4.78, 5) is 35.2. The summed E-state index contributed by atoms with van der Waals surface area (Å²) in [6, 6.07) is 1.47. The van der Waals surface area contributed by atoms with Crippen molar-refractivity contribution in [3.8, 4) is 0 Å². The maximum Gasteiger partial charge on any atom is 0.330 e. The zero-order chi connectivity index (χ0) is 12.6. The molecule has 0 saturated heterocycles. The minimum Gasteiger partial charge on any atom is -0.303 e. The van der Waals surface area contributed by atoms with Crippen molar-refractivity contribution < 1.29 is 4.79 Å². The van der Waals surface area contributed by atoms with E-state index >= 15 is 0 Å². The summed E-state index contributed by atoms with van der Waals surface area (Å²) in [5.74, 6) is -0.487. The van der Waals surface area contributed by atoms with Gasteiger partial charge >= 0.3 is 5.69 Å².